The smallest absolute Gasteiger partial charge is 0.307 e. The second kappa shape index (κ2) is 11.1. The molecule has 1 aliphatic rings. The highest BCUT2D eigenvalue weighted by molar-refractivity contribution is 5.70. The molecule has 1 N–H and O–H groups in total. The number of carboxylic acid groups (broad SMARTS) is 1. The molecule has 34 heavy (non-hydrogen) atoms. The molecule has 6 nitrogen and oxygen atoms in total. The summed E-state index contributed by atoms with van der Waals surface area (Å²) in [5, 5.41) is 9.66. The zero-order chi connectivity index (χ0) is 23.9. The number of piperidine rings is 1. The summed E-state index contributed by atoms with van der Waals surface area (Å²) >= 11 is 0. The molecular weight excluding hydrogens is 430 g/mol. The van der Waals surface area contributed by atoms with Crippen LogP contribution in [0.5, 0.6) is 17.2 Å². The molecular formula is C28H31NO5. The first-order valence-electron chi connectivity index (χ1n) is 11.5. The summed E-state index contributed by atoms with van der Waals surface area (Å²) in [6.45, 7) is 1.73. The van der Waals surface area contributed by atoms with Crippen LogP contribution in [0.4, 0.5) is 0 Å². The first kappa shape index (κ1) is 23.6. The number of methoxy groups -OCH3 is 2. The zero-order valence-electron chi connectivity index (χ0n) is 19.6. The molecule has 2 atom stereocenters. The van der Waals surface area contributed by atoms with Gasteiger partial charge in [0, 0.05) is 12.1 Å². The molecule has 0 radical (unpaired) electrons. The van der Waals surface area contributed by atoms with E-state index < -0.39 is 5.97 Å². The summed E-state index contributed by atoms with van der Waals surface area (Å²) in [4.78, 5) is 14.0. The van der Waals surface area contributed by atoms with Gasteiger partial charge < -0.3 is 19.3 Å². The Morgan fingerprint density at radius 3 is 2.44 bits per heavy atom. The number of nitrogens with zero attached hydrogens (tertiary/aromatic N) is 1. The molecule has 1 saturated heterocycles. The molecule has 3 aromatic carbocycles. The Bertz CT molecular complexity index is 1100. The maximum atomic E-state index is 11.8. The topological polar surface area (TPSA) is 68.2 Å². The molecule has 3 aromatic rings. The number of carbonyl (C=O) groups is 1. The molecule has 0 spiro atoms. The van der Waals surface area contributed by atoms with Crippen LogP contribution in [0.2, 0.25) is 0 Å². The van der Waals surface area contributed by atoms with E-state index in [1.165, 1.54) is 0 Å². The minimum Gasteiger partial charge on any atom is -0.496 e. The monoisotopic (exact) mass is 461 g/mol. The summed E-state index contributed by atoms with van der Waals surface area (Å²) in [6.07, 6.45) is 1.53. The number of aliphatic carboxylic acids is 1. The van der Waals surface area contributed by atoms with Gasteiger partial charge in [-0.05, 0) is 48.7 Å². The van der Waals surface area contributed by atoms with E-state index in [9.17, 15) is 9.90 Å². The highest BCUT2D eigenvalue weighted by Gasteiger charge is 2.33. The second-order valence-corrected chi connectivity index (χ2v) is 8.50. The largest absolute Gasteiger partial charge is 0.496 e. The fraction of sp³-hybridized carbons (Fsp3) is 0.321. The highest BCUT2D eigenvalue weighted by atomic mass is 16.5. The van der Waals surface area contributed by atoms with E-state index in [1.807, 2.05) is 72.8 Å². The summed E-state index contributed by atoms with van der Waals surface area (Å²) in [5.41, 5.74) is 3.07. The summed E-state index contributed by atoms with van der Waals surface area (Å²) < 4.78 is 17.4. The van der Waals surface area contributed by atoms with E-state index in [2.05, 4.69) is 4.90 Å². The van der Waals surface area contributed by atoms with Gasteiger partial charge in [0.2, 0.25) is 0 Å². The molecule has 6 heteroatoms. The van der Waals surface area contributed by atoms with E-state index in [1.54, 1.807) is 14.2 Å². The lowest BCUT2D eigenvalue weighted by atomic mass is 9.91. The van der Waals surface area contributed by atoms with Crippen LogP contribution in [0.15, 0.2) is 72.8 Å². The van der Waals surface area contributed by atoms with E-state index >= 15 is 0 Å². The van der Waals surface area contributed by atoms with Gasteiger partial charge in [-0.3, -0.25) is 9.69 Å². The van der Waals surface area contributed by atoms with Crippen LogP contribution in [0.3, 0.4) is 0 Å². The zero-order valence-corrected chi connectivity index (χ0v) is 19.6. The van der Waals surface area contributed by atoms with Crippen molar-refractivity contribution in [1.82, 2.24) is 4.90 Å². The predicted molar refractivity (Wildman–Crippen MR) is 131 cm³/mol. The quantitative estimate of drug-likeness (QED) is 0.474. The molecule has 1 fully saturated rings. The van der Waals surface area contributed by atoms with Crippen molar-refractivity contribution in [2.45, 2.75) is 25.5 Å². The Balaban J connectivity index is 1.68. The van der Waals surface area contributed by atoms with Crippen LogP contribution in [-0.2, 0) is 11.4 Å². The second-order valence-electron chi connectivity index (χ2n) is 8.50. The maximum Gasteiger partial charge on any atom is 0.307 e. The predicted octanol–water partition coefficient (Wildman–Crippen LogP) is 5.17. The molecule has 0 saturated carbocycles. The number of likely N-dealkylation sites (tertiary alicyclic amines) is 1. The minimum atomic E-state index is -0.745. The lowest BCUT2D eigenvalue weighted by molar-refractivity contribution is -0.143. The van der Waals surface area contributed by atoms with Crippen LogP contribution in [0.25, 0.3) is 0 Å². The van der Waals surface area contributed by atoms with Crippen LogP contribution in [0, 0.1) is 5.92 Å². The Morgan fingerprint density at radius 2 is 1.71 bits per heavy atom. The lowest BCUT2D eigenvalue weighted by Gasteiger charge is -2.38. The number of hydrogen-bond acceptors (Lipinski definition) is 5. The van der Waals surface area contributed by atoms with Gasteiger partial charge in [0.05, 0.1) is 26.2 Å². The van der Waals surface area contributed by atoms with Gasteiger partial charge in [-0.2, -0.15) is 0 Å². The van der Waals surface area contributed by atoms with Crippen molar-refractivity contribution in [2.75, 3.05) is 27.3 Å². The number of rotatable bonds is 9. The van der Waals surface area contributed by atoms with Crippen LogP contribution in [-0.4, -0.2) is 43.3 Å². The molecule has 2 unspecified atom stereocenters. The number of para-hydroxylation sites is 1. The Hall–Kier alpha value is -3.51. The van der Waals surface area contributed by atoms with Gasteiger partial charge >= 0.3 is 5.97 Å². The molecule has 4 rings (SSSR count). The van der Waals surface area contributed by atoms with Crippen molar-refractivity contribution in [3.05, 3.63) is 89.5 Å². The Labute approximate surface area is 200 Å². The molecule has 1 aliphatic heterocycles. The van der Waals surface area contributed by atoms with Crippen molar-refractivity contribution in [2.24, 2.45) is 5.92 Å². The van der Waals surface area contributed by atoms with Gasteiger partial charge in [-0.15, -0.1) is 0 Å². The van der Waals surface area contributed by atoms with Crippen LogP contribution in [0.1, 0.15) is 35.6 Å². The average molecular weight is 462 g/mol. The number of ether oxygens (including phenoxy) is 3. The number of hydrogen-bond donors (Lipinski definition) is 1. The minimum absolute atomic E-state index is 0.171. The third kappa shape index (κ3) is 5.34. The highest BCUT2D eigenvalue weighted by Crippen LogP contribution is 2.40. The number of benzene rings is 3. The maximum absolute atomic E-state index is 11.8. The van der Waals surface area contributed by atoms with Crippen molar-refractivity contribution in [3.8, 4) is 17.2 Å². The molecule has 0 amide bonds. The first-order chi connectivity index (χ1) is 16.6. The van der Waals surface area contributed by atoms with Gasteiger partial charge in [0.15, 0.2) is 11.5 Å². The normalized spacial score (nSPS) is 17.1. The van der Waals surface area contributed by atoms with Gasteiger partial charge in [0.1, 0.15) is 12.4 Å². The lowest BCUT2D eigenvalue weighted by Crippen LogP contribution is -2.41. The van der Waals surface area contributed by atoms with Crippen LogP contribution < -0.4 is 14.2 Å². The summed E-state index contributed by atoms with van der Waals surface area (Å²) in [7, 11) is 3.29. The van der Waals surface area contributed by atoms with E-state index in [0.29, 0.717) is 31.1 Å². The van der Waals surface area contributed by atoms with Gasteiger partial charge in [0.25, 0.3) is 0 Å². The van der Waals surface area contributed by atoms with Crippen molar-refractivity contribution < 1.29 is 24.1 Å². The fourth-order valence-electron chi connectivity index (χ4n) is 4.63. The summed E-state index contributed by atoms with van der Waals surface area (Å²) in [6, 6.07) is 23.7. The molecule has 178 valence electrons. The number of carboxylic acids is 1. The SMILES string of the molecule is COc1cc(C(c2ccccc2OC)N2CCCC(C(=O)O)C2)ccc1OCc1ccccc1. The molecule has 1 heterocycles. The standard InChI is InChI=1S/C28H31NO5/c1-32-24-13-7-6-12-23(24)27(29-16-8-11-22(18-29)28(30)31)21-14-15-25(26(17-21)33-2)34-19-20-9-4-3-5-10-20/h3-7,9-10,12-15,17,22,27H,8,11,16,18-19H2,1-2H3,(H,30,31). The molecule has 0 aromatic heterocycles. The molecule has 0 aliphatic carbocycles. The summed E-state index contributed by atoms with van der Waals surface area (Å²) in [5.74, 6) is 0.941. The van der Waals surface area contributed by atoms with E-state index in [0.717, 1.165) is 35.4 Å². The third-order valence-corrected chi connectivity index (χ3v) is 6.34. The van der Waals surface area contributed by atoms with Gasteiger partial charge in [-0.1, -0.05) is 54.6 Å². The van der Waals surface area contributed by atoms with Gasteiger partial charge in [-0.25, -0.2) is 0 Å². The Morgan fingerprint density at radius 1 is 0.971 bits per heavy atom. The van der Waals surface area contributed by atoms with Crippen molar-refractivity contribution >= 4 is 5.97 Å². The van der Waals surface area contributed by atoms with Crippen LogP contribution >= 0.6 is 0 Å². The Kier molecular flexibility index (Phi) is 7.70. The third-order valence-electron chi connectivity index (χ3n) is 6.34. The van der Waals surface area contributed by atoms with E-state index in [-0.39, 0.29) is 12.0 Å². The first-order valence-corrected chi connectivity index (χ1v) is 11.5. The molecule has 0 bridgehead atoms. The van der Waals surface area contributed by atoms with Crippen molar-refractivity contribution in [3.63, 3.8) is 0 Å². The van der Waals surface area contributed by atoms with E-state index in [4.69, 9.17) is 14.2 Å². The average Bonchev–Trinajstić information content (AvgIpc) is 2.89. The van der Waals surface area contributed by atoms with Crippen molar-refractivity contribution in [1.29, 1.82) is 0 Å². The fourth-order valence-corrected chi connectivity index (χ4v) is 4.63.